The molecule has 1 aromatic rings. The van der Waals surface area contributed by atoms with E-state index in [0.29, 0.717) is 17.9 Å². The number of amides is 2. The first-order chi connectivity index (χ1) is 12.3. The van der Waals surface area contributed by atoms with Gasteiger partial charge in [0.2, 0.25) is 5.91 Å². The van der Waals surface area contributed by atoms with Crippen LogP contribution in [-0.4, -0.2) is 29.8 Å². The average molecular weight is 357 g/mol. The van der Waals surface area contributed by atoms with E-state index in [0.717, 1.165) is 31.1 Å². The number of carbonyl (C=O) groups excluding carboxylic acids is 2. The van der Waals surface area contributed by atoms with E-state index in [1.807, 2.05) is 49.9 Å². The van der Waals surface area contributed by atoms with Crippen LogP contribution in [-0.2, 0) is 4.79 Å². The highest BCUT2D eigenvalue weighted by molar-refractivity contribution is 5.96. The molecule has 1 N–H and O–H groups in total. The molecule has 3 rings (SSSR count). The number of hydrogen-bond donors (Lipinski definition) is 1. The van der Waals surface area contributed by atoms with E-state index >= 15 is 0 Å². The number of carbonyl (C=O) groups is 2. The Bertz CT molecular complexity index is 645. The summed E-state index contributed by atoms with van der Waals surface area (Å²) in [5, 5.41) is 2.92. The number of rotatable bonds is 3. The number of piperidine rings is 1. The van der Waals surface area contributed by atoms with Crippen molar-refractivity contribution in [1.82, 2.24) is 4.90 Å². The Balaban J connectivity index is 1.58. The molecule has 1 aliphatic carbocycles. The molecule has 0 bridgehead atoms. The van der Waals surface area contributed by atoms with Crippen LogP contribution in [0.2, 0.25) is 0 Å². The zero-order chi connectivity index (χ0) is 18.7. The van der Waals surface area contributed by atoms with Crippen LogP contribution in [0.4, 0.5) is 5.69 Å². The van der Waals surface area contributed by atoms with Crippen molar-refractivity contribution in [3.8, 4) is 0 Å². The summed E-state index contributed by atoms with van der Waals surface area (Å²) in [5.41, 5.74) is 1.43. The van der Waals surface area contributed by atoms with Gasteiger partial charge in [0.1, 0.15) is 0 Å². The van der Waals surface area contributed by atoms with Gasteiger partial charge in [0.05, 0.1) is 0 Å². The fourth-order valence-electron chi connectivity index (χ4n) is 4.35. The number of hydrogen-bond acceptors (Lipinski definition) is 2. The van der Waals surface area contributed by atoms with Gasteiger partial charge in [-0.05, 0) is 54.4 Å². The minimum atomic E-state index is -0.0365. The van der Waals surface area contributed by atoms with Gasteiger partial charge in [-0.3, -0.25) is 9.59 Å². The zero-order valence-electron chi connectivity index (χ0n) is 16.4. The molecule has 0 unspecified atom stereocenters. The van der Waals surface area contributed by atoms with Gasteiger partial charge in [-0.25, -0.2) is 0 Å². The second kappa shape index (κ2) is 7.81. The maximum absolute atomic E-state index is 12.8. The second-order valence-electron chi connectivity index (χ2n) is 9.21. The Morgan fingerprint density at radius 2 is 1.69 bits per heavy atom. The van der Waals surface area contributed by atoms with Crippen LogP contribution in [0.5, 0.6) is 0 Å². The largest absolute Gasteiger partial charge is 0.338 e. The molecule has 1 saturated carbocycles. The molecule has 4 nitrogen and oxygen atoms in total. The molecule has 2 fully saturated rings. The van der Waals surface area contributed by atoms with Crippen molar-refractivity contribution in [3.63, 3.8) is 0 Å². The molecule has 142 valence electrons. The van der Waals surface area contributed by atoms with Crippen LogP contribution in [0.15, 0.2) is 24.3 Å². The fourth-order valence-corrected chi connectivity index (χ4v) is 4.35. The minimum absolute atomic E-state index is 0.0101. The lowest BCUT2D eigenvalue weighted by atomic mass is 9.75. The van der Waals surface area contributed by atoms with E-state index < -0.39 is 0 Å². The molecule has 0 aromatic heterocycles. The molecule has 0 radical (unpaired) electrons. The molecule has 1 saturated heterocycles. The maximum Gasteiger partial charge on any atom is 0.253 e. The first-order valence-electron chi connectivity index (χ1n) is 10.0. The number of fused-ring (bicyclic) bond motifs is 1. The van der Waals surface area contributed by atoms with Crippen molar-refractivity contribution in [2.45, 2.75) is 59.3 Å². The standard InChI is InChI=1S/C22H32N2O2/c1-22(2,3)14-20(25)23-19-10-8-17(9-11-19)21(26)24-13-12-16-6-4-5-7-18(16)15-24/h8-11,16,18H,4-7,12-15H2,1-3H3,(H,23,25)/t16-,18+/m1/s1. The molecule has 1 aromatic carbocycles. The smallest absolute Gasteiger partial charge is 0.253 e. The van der Waals surface area contributed by atoms with Gasteiger partial charge in [-0.2, -0.15) is 0 Å². The molecule has 2 atom stereocenters. The lowest BCUT2D eigenvalue weighted by molar-refractivity contribution is -0.117. The van der Waals surface area contributed by atoms with E-state index in [9.17, 15) is 9.59 Å². The predicted molar refractivity (Wildman–Crippen MR) is 105 cm³/mol. The molecule has 1 aliphatic heterocycles. The molecular weight excluding hydrogens is 324 g/mol. The average Bonchev–Trinajstić information content (AvgIpc) is 2.59. The Kier molecular flexibility index (Phi) is 5.69. The predicted octanol–water partition coefficient (Wildman–Crippen LogP) is 4.71. The molecule has 2 amide bonds. The number of likely N-dealkylation sites (tertiary alicyclic amines) is 1. The van der Waals surface area contributed by atoms with Crippen molar-refractivity contribution in [3.05, 3.63) is 29.8 Å². The third-order valence-electron chi connectivity index (χ3n) is 5.68. The Morgan fingerprint density at radius 1 is 1.04 bits per heavy atom. The molecule has 26 heavy (non-hydrogen) atoms. The van der Waals surface area contributed by atoms with Crippen molar-refractivity contribution in [2.75, 3.05) is 18.4 Å². The van der Waals surface area contributed by atoms with E-state index in [4.69, 9.17) is 0 Å². The molecule has 4 heteroatoms. The number of nitrogens with zero attached hydrogens (tertiary/aromatic N) is 1. The van der Waals surface area contributed by atoms with Crippen molar-refractivity contribution in [2.24, 2.45) is 17.3 Å². The lowest BCUT2D eigenvalue weighted by Gasteiger charge is -2.41. The molecule has 1 heterocycles. The molecule has 0 spiro atoms. The third kappa shape index (κ3) is 4.87. The van der Waals surface area contributed by atoms with Crippen molar-refractivity contribution < 1.29 is 9.59 Å². The monoisotopic (exact) mass is 356 g/mol. The van der Waals surface area contributed by atoms with Gasteiger partial charge in [0.15, 0.2) is 0 Å². The van der Waals surface area contributed by atoms with Crippen molar-refractivity contribution >= 4 is 17.5 Å². The van der Waals surface area contributed by atoms with E-state index in [1.54, 1.807) is 0 Å². The summed E-state index contributed by atoms with van der Waals surface area (Å²) < 4.78 is 0. The van der Waals surface area contributed by atoms with Gasteiger partial charge in [-0.15, -0.1) is 0 Å². The zero-order valence-corrected chi connectivity index (χ0v) is 16.4. The number of nitrogens with one attached hydrogen (secondary N) is 1. The summed E-state index contributed by atoms with van der Waals surface area (Å²) in [4.78, 5) is 26.9. The lowest BCUT2D eigenvalue weighted by Crippen LogP contribution is -2.44. The van der Waals surface area contributed by atoms with Crippen LogP contribution in [0.1, 0.15) is 69.7 Å². The van der Waals surface area contributed by atoms with Crippen LogP contribution in [0.3, 0.4) is 0 Å². The Hall–Kier alpha value is -1.84. The van der Waals surface area contributed by atoms with Crippen LogP contribution in [0, 0.1) is 17.3 Å². The highest BCUT2D eigenvalue weighted by Gasteiger charge is 2.33. The second-order valence-corrected chi connectivity index (χ2v) is 9.21. The summed E-state index contributed by atoms with van der Waals surface area (Å²) in [5.74, 6) is 1.66. The van der Waals surface area contributed by atoms with Gasteiger partial charge in [-0.1, -0.05) is 40.0 Å². The molecular formula is C22H32N2O2. The number of benzene rings is 1. The first kappa shape index (κ1) is 18.9. The Morgan fingerprint density at radius 3 is 2.35 bits per heavy atom. The van der Waals surface area contributed by atoms with Gasteiger partial charge < -0.3 is 10.2 Å². The first-order valence-corrected chi connectivity index (χ1v) is 10.0. The van der Waals surface area contributed by atoms with Gasteiger partial charge in [0, 0.05) is 30.8 Å². The highest BCUT2D eigenvalue weighted by Crippen LogP contribution is 2.36. The van der Waals surface area contributed by atoms with Crippen molar-refractivity contribution in [1.29, 1.82) is 0 Å². The van der Waals surface area contributed by atoms with E-state index in [1.165, 1.54) is 25.7 Å². The Labute approximate surface area is 157 Å². The topological polar surface area (TPSA) is 49.4 Å². The summed E-state index contributed by atoms with van der Waals surface area (Å²) in [6.07, 6.45) is 6.91. The summed E-state index contributed by atoms with van der Waals surface area (Å²) >= 11 is 0. The van der Waals surface area contributed by atoms with E-state index in [-0.39, 0.29) is 17.2 Å². The summed E-state index contributed by atoms with van der Waals surface area (Å²) in [7, 11) is 0. The quantitative estimate of drug-likeness (QED) is 0.852. The normalized spacial score (nSPS) is 23.3. The highest BCUT2D eigenvalue weighted by atomic mass is 16.2. The fraction of sp³-hybridized carbons (Fsp3) is 0.636. The third-order valence-corrected chi connectivity index (χ3v) is 5.68. The number of anilines is 1. The van der Waals surface area contributed by atoms with Gasteiger partial charge in [0.25, 0.3) is 5.91 Å². The van der Waals surface area contributed by atoms with Crippen LogP contribution in [0.25, 0.3) is 0 Å². The summed E-state index contributed by atoms with van der Waals surface area (Å²) in [6.45, 7) is 7.93. The van der Waals surface area contributed by atoms with E-state index in [2.05, 4.69) is 5.32 Å². The van der Waals surface area contributed by atoms with Crippen LogP contribution >= 0.6 is 0 Å². The summed E-state index contributed by atoms with van der Waals surface area (Å²) in [6, 6.07) is 7.34. The van der Waals surface area contributed by atoms with Crippen LogP contribution < -0.4 is 5.32 Å². The maximum atomic E-state index is 12.8. The molecule has 2 aliphatic rings. The SMILES string of the molecule is CC(C)(C)CC(=O)Nc1ccc(C(=O)N2CC[C@H]3CCCC[C@H]3C2)cc1. The van der Waals surface area contributed by atoms with Gasteiger partial charge >= 0.3 is 0 Å². The minimum Gasteiger partial charge on any atom is -0.338 e.